The Morgan fingerprint density at radius 2 is 1.95 bits per heavy atom. The number of hydrogen-bond acceptors (Lipinski definition) is 12. The van der Waals surface area contributed by atoms with Crippen LogP contribution < -0.4 is 21.3 Å². The minimum atomic E-state index is -4.63. The molecule has 5 rings (SSSR count). The Bertz CT molecular complexity index is 1420. The smallest absolute Gasteiger partial charge is 0.320 e. The Balaban J connectivity index is 1.41. The van der Waals surface area contributed by atoms with Crippen molar-refractivity contribution in [2.45, 2.75) is 43.8 Å². The molecule has 0 aliphatic carbocycles. The highest BCUT2D eigenvalue weighted by molar-refractivity contribution is 7.51. The van der Waals surface area contributed by atoms with Crippen molar-refractivity contribution in [3.05, 3.63) is 48.5 Å². The number of aromatic nitrogens is 4. The van der Waals surface area contributed by atoms with Crippen molar-refractivity contribution in [1.29, 1.82) is 0 Å². The van der Waals surface area contributed by atoms with Crippen LogP contribution >= 0.6 is 7.60 Å². The lowest BCUT2D eigenvalue weighted by molar-refractivity contribution is -0.204. The molecule has 0 radical (unpaired) electrons. The van der Waals surface area contributed by atoms with E-state index in [0.717, 1.165) is 5.56 Å². The molecule has 2 aromatic heterocycles. The lowest BCUT2D eigenvalue weighted by Crippen LogP contribution is -2.37. The van der Waals surface area contributed by atoms with Gasteiger partial charge in [-0.15, -0.1) is 0 Å². The predicted octanol–water partition coefficient (Wildman–Crippen LogP) is 0.330. The molecule has 2 amide bonds. The summed E-state index contributed by atoms with van der Waals surface area (Å²) in [6.07, 6.45) is -2.28. The van der Waals surface area contributed by atoms with E-state index in [0.29, 0.717) is 17.7 Å². The fourth-order valence-corrected chi connectivity index (χ4v) is 5.58. The van der Waals surface area contributed by atoms with E-state index in [1.807, 2.05) is 30.3 Å². The Morgan fingerprint density at radius 3 is 2.67 bits per heavy atom. The Hall–Kier alpha value is -3.50. The molecule has 2 saturated heterocycles. The van der Waals surface area contributed by atoms with Gasteiger partial charge >= 0.3 is 12.0 Å². The van der Waals surface area contributed by atoms with Crippen LogP contribution in [0.4, 0.5) is 10.6 Å². The van der Waals surface area contributed by atoms with Crippen LogP contribution in [0.3, 0.4) is 0 Å². The van der Waals surface area contributed by atoms with E-state index in [4.69, 9.17) is 29.6 Å². The molecule has 0 bridgehead atoms. The second-order valence-corrected chi connectivity index (χ2v) is 10.9. The zero-order chi connectivity index (χ0) is 28.4. The van der Waals surface area contributed by atoms with Crippen molar-refractivity contribution in [2.75, 3.05) is 24.6 Å². The van der Waals surface area contributed by atoms with Gasteiger partial charge in [0.15, 0.2) is 29.5 Å². The molecule has 3 aromatic rings. The zero-order valence-electron chi connectivity index (χ0n) is 21.2. The van der Waals surface area contributed by atoms with E-state index in [-0.39, 0.29) is 5.82 Å². The number of carbonyl (C=O) groups excluding carboxylic acids is 1. The number of carboxylic acid groups (broad SMARTS) is 1. The number of carbonyl (C=O) groups is 2. The molecule has 2 fully saturated rings. The Labute approximate surface area is 227 Å². The number of carboxylic acids is 1. The molecule has 40 heavy (non-hydrogen) atoms. The third-order valence-electron chi connectivity index (χ3n) is 6.29. The van der Waals surface area contributed by atoms with Crippen LogP contribution in [-0.4, -0.2) is 80.3 Å². The lowest BCUT2D eigenvalue weighted by Gasteiger charge is -2.27. The molecule has 3 unspecified atom stereocenters. The number of fused-ring (bicyclic) bond motifs is 2. The van der Waals surface area contributed by atoms with Gasteiger partial charge in [0.1, 0.15) is 38.3 Å². The van der Waals surface area contributed by atoms with Crippen molar-refractivity contribution < 1.29 is 42.9 Å². The number of anilines is 1. The summed E-state index contributed by atoms with van der Waals surface area (Å²) < 4.78 is 37.6. The summed E-state index contributed by atoms with van der Waals surface area (Å²) in [5.41, 5.74) is 6.72. The van der Waals surface area contributed by atoms with Gasteiger partial charge in [-0.25, -0.2) is 19.7 Å². The monoisotopic (exact) mass is 576 g/mol. The Kier molecular flexibility index (Phi) is 8.09. The maximum absolute atomic E-state index is 12.4. The highest BCUT2D eigenvalue weighted by atomic mass is 31.2. The van der Waals surface area contributed by atoms with Gasteiger partial charge in [0.05, 0.1) is 12.9 Å². The number of imidazole rings is 1. The third-order valence-corrected chi connectivity index (χ3v) is 7.68. The molecular weight excluding hydrogens is 549 g/mol. The summed E-state index contributed by atoms with van der Waals surface area (Å²) in [5, 5.41) is 14.2. The molecule has 2 aliphatic rings. The lowest BCUT2D eigenvalue weighted by atomic mass is 10.1. The molecule has 7 atom stereocenters. The number of aliphatic carboxylic acids is 1. The highest BCUT2D eigenvalue weighted by Crippen LogP contribution is 2.46. The fraction of sp³-hybridized carbons (Fsp3) is 0.435. The topological polar surface area (TPSA) is 225 Å². The zero-order valence-corrected chi connectivity index (χ0v) is 22.0. The third kappa shape index (κ3) is 5.83. The molecule has 2 aliphatic heterocycles. The first-order valence-electron chi connectivity index (χ1n) is 12.3. The molecule has 5 N–H and O–H groups in total. The van der Waals surface area contributed by atoms with E-state index in [2.05, 4.69) is 25.6 Å². The number of hydrogen-bond donors (Lipinski definition) is 4. The fourth-order valence-electron chi connectivity index (χ4n) is 4.46. The van der Waals surface area contributed by atoms with Crippen LogP contribution in [0, 0.1) is 0 Å². The molecule has 1 aromatic carbocycles. The molecule has 0 saturated carbocycles. The van der Waals surface area contributed by atoms with E-state index in [1.54, 1.807) is 11.5 Å². The van der Waals surface area contributed by atoms with Gasteiger partial charge in [-0.05, 0) is 6.92 Å². The van der Waals surface area contributed by atoms with Gasteiger partial charge in [0.25, 0.3) is 0 Å². The normalized spacial score (nSPS) is 26.2. The van der Waals surface area contributed by atoms with Crippen molar-refractivity contribution in [2.24, 2.45) is 5.73 Å². The van der Waals surface area contributed by atoms with E-state index in [9.17, 15) is 19.0 Å². The standard InChI is InChI=1S/C23H28N7O9P/c1-2-25-23(33)29-18-15-19(27-10-26-18)30(11-28-15)20-17-16(38-22(39-17)12-6-4-3-5-7-12)14(37-20)8-36-40(34,35)9-13(24)21(31)32/h3-7,10-11,13-14,16-17,20,22H,2,8-9,24H2,1H3,(H,31,32)(H,34,35)(H2,25,26,27,29,33)/p-1/t13?,14-,16?,17+,20-,22-/m1/s1. The number of amides is 2. The number of rotatable bonds is 10. The van der Waals surface area contributed by atoms with Crippen LogP contribution in [-0.2, 0) is 28.1 Å². The summed E-state index contributed by atoms with van der Waals surface area (Å²) in [6, 6.07) is 7.05. The molecule has 17 heteroatoms. The van der Waals surface area contributed by atoms with Crippen molar-refractivity contribution >= 4 is 36.6 Å². The van der Waals surface area contributed by atoms with Gasteiger partial charge in [0, 0.05) is 18.3 Å². The summed E-state index contributed by atoms with van der Waals surface area (Å²) in [4.78, 5) is 48.2. The number of benzene rings is 1. The average Bonchev–Trinajstić information content (AvgIpc) is 3.62. The van der Waals surface area contributed by atoms with Crippen LogP contribution in [0.5, 0.6) is 0 Å². The first-order valence-corrected chi connectivity index (χ1v) is 14.1. The minimum Gasteiger partial charge on any atom is -0.778 e. The maximum Gasteiger partial charge on any atom is 0.320 e. The summed E-state index contributed by atoms with van der Waals surface area (Å²) in [5.74, 6) is -1.29. The van der Waals surface area contributed by atoms with Crippen molar-refractivity contribution in [3.8, 4) is 0 Å². The second-order valence-electron chi connectivity index (χ2n) is 9.07. The first-order chi connectivity index (χ1) is 19.2. The number of nitrogens with zero attached hydrogens (tertiary/aromatic N) is 4. The van der Waals surface area contributed by atoms with Crippen molar-refractivity contribution in [3.63, 3.8) is 0 Å². The van der Waals surface area contributed by atoms with Crippen LogP contribution in [0.2, 0.25) is 0 Å². The van der Waals surface area contributed by atoms with Gasteiger partial charge in [-0.2, -0.15) is 0 Å². The van der Waals surface area contributed by atoms with Gasteiger partial charge in [-0.1, -0.05) is 30.3 Å². The van der Waals surface area contributed by atoms with E-state index >= 15 is 0 Å². The highest BCUT2D eigenvalue weighted by Gasteiger charge is 2.54. The molecular formula is C23H27N7O9P-. The van der Waals surface area contributed by atoms with Crippen LogP contribution in [0.25, 0.3) is 11.2 Å². The van der Waals surface area contributed by atoms with Crippen LogP contribution in [0.15, 0.2) is 43.0 Å². The predicted molar refractivity (Wildman–Crippen MR) is 135 cm³/mol. The molecule has 0 spiro atoms. The van der Waals surface area contributed by atoms with E-state index < -0.39 is 69.2 Å². The molecule has 214 valence electrons. The van der Waals surface area contributed by atoms with Gasteiger partial charge in [-0.3, -0.25) is 14.7 Å². The summed E-state index contributed by atoms with van der Waals surface area (Å²) >= 11 is 0. The Morgan fingerprint density at radius 1 is 1.20 bits per heavy atom. The van der Waals surface area contributed by atoms with Gasteiger partial charge < -0.3 is 44.3 Å². The molecule has 16 nitrogen and oxygen atoms in total. The SMILES string of the molecule is CCNC(=O)Nc1ncnc2c1ncn2[C@@H]1O[C@H](COP(=O)([O-])CC(N)C(=O)O)C2O[C@@H](c3ccccc3)O[C@@H]21. The van der Waals surface area contributed by atoms with Crippen molar-refractivity contribution in [1.82, 2.24) is 24.8 Å². The number of nitrogens with two attached hydrogens (primary N) is 1. The number of ether oxygens (including phenoxy) is 3. The average molecular weight is 576 g/mol. The van der Waals surface area contributed by atoms with Crippen LogP contribution in [0.1, 0.15) is 25.0 Å². The van der Waals surface area contributed by atoms with E-state index in [1.165, 1.54) is 12.7 Å². The number of urea groups is 1. The largest absolute Gasteiger partial charge is 0.778 e. The number of nitrogens with one attached hydrogen (secondary N) is 2. The summed E-state index contributed by atoms with van der Waals surface area (Å²) in [7, 11) is -4.63. The quantitative estimate of drug-likeness (QED) is 0.239. The first kappa shape index (κ1) is 28.0. The van der Waals surface area contributed by atoms with Gasteiger partial charge in [0.2, 0.25) is 0 Å². The minimum absolute atomic E-state index is 0.178. The maximum atomic E-state index is 12.4. The summed E-state index contributed by atoms with van der Waals surface area (Å²) in [6.45, 7) is 1.72. The second kappa shape index (κ2) is 11.5. The molecule has 4 heterocycles.